The SMILES string of the molecule is CC.COc1ccc(C(=O)NCC(=O)N/N=C/c2c(-c3ccccc3)[nH]c3ccccc23)cc1. The maximum atomic E-state index is 12.2. The van der Waals surface area contributed by atoms with Crippen molar-refractivity contribution in [3.63, 3.8) is 0 Å². The van der Waals surface area contributed by atoms with E-state index in [0.29, 0.717) is 11.3 Å². The molecule has 0 radical (unpaired) electrons. The zero-order valence-corrected chi connectivity index (χ0v) is 19.5. The Morgan fingerprint density at radius 2 is 1.62 bits per heavy atom. The van der Waals surface area contributed by atoms with Crippen molar-refractivity contribution in [3.05, 3.63) is 90.0 Å². The van der Waals surface area contributed by atoms with Gasteiger partial charge in [0.15, 0.2) is 0 Å². The number of rotatable bonds is 7. The van der Waals surface area contributed by atoms with E-state index in [4.69, 9.17) is 4.74 Å². The van der Waals surface area contributed by atoms with Crippen LogP contribution in [0.1, 0.15) is 29.8 Å². The number of nitrogens with zero attached hydrogens (tertiary/aromatic N) is 1. The van der Waals surface area contributed by atoms with Gasteiger partial charge in [-0.15, -0.1) is 0 Å². The minimum Gasteiger partial charge on any atom is -0.497 e. The Morgan fingerprint density at radius 1 is 0.941 bits per heavy atom. The van der Waals surface area contributed by atoms with Gasteiger partial charge in [-0.1, -0.05) is 62.4 Å². The predicted octanol–water partition coefficient (Wildman–Crippen LogP) is 4.75. The number of carbonyl (C=O) groups is 2. The van der Waals surface area contributed by atoms with E-state index in [-0.39, 0.29) is 12.5 Å². The average molecular weight is 457 g/mol. The lowest BCUT2D eigenvalue weighted by molar-refractivity contribution is -0.120. The molecule has 0 fully saturated rings. The summed E-state index contributed by atoms with van der Waals surface area (Å²) in [5.41, 5.74) is 6.69. The van der Waals surface area contributed by atoms with E-state index in [9.17, 15) is 9.59 Å². The predicted molar refractivity (Wildman–Crippen MR) is 136 cm³/mol. The number of benzene rings is 3. The molecule has 1 heterocycles. The molecule has 3 N–H and O–H groups in total. The molecule has 0 spiro atoms. The first-order valence-electron chi connectivity index (χ1n) is 11.1. The molecule has 2 amide bonds. The van der Waals surface area contributed by atoms with Crippen molar-refractivity contribution >= 4 is 28.9 Å². The molecule has 4 aromatic rings. The van der Waals surface area contributed by atoms with Crippen molar-refractivity contribution in [2.45, 2.75) is 13.8 Å². The number of ether oxygens (including phenoxy) is 1. The summed E-state index contributed by atoms with van der Waals surface area (Å²) in [7, 11) is 1.55. The zero-order chi connectivity index (χ0) is 24.3. The first-order valence-corrected chi connectivity index (χ1v) is 11.1. The van der Waals surface area contributed by atoms with E-state index in [1.165, 1.54) is 0 Å². The van der Waals surface area contributed by atoms with Crippen LogP contribution in [0, 0.1) is 0 Å². The number of H-pyrrole nitrogens is 1. The lowest BCUT2D eigenvalue weighted by atomic mass is 10.1. The molecule has 0 aliphatic rings. The molecular formula is C27H28N4O3. The Kier molecular flexibility index (Phi) is 8.57. The van der Waals surface area contributed by atoms with Crippen molar-refractivity contribution in [2.75, 3.05) is 13.7 Å². The number of aromatic amines is 1. The molecule has 7 nitrogen and oxygen atoms in total. The summed E-state index contributed by atoms with van der Waals surface area (Å²) in [6.07, 6.45) is 1.62. The minimum atomic E-state index is -0.427. The molecule has 1 aromatic heterocycles. The molecular weight excluding hydrogens is 428 g/mol. The minimum absolute atomic E-state index is 0.193. The van der Waals surface area contributed by atoms with Crippen LogP contribution < -0.4 is 15.5 Å². The third kappa shape index (κ3) is 5.89. The first kappa shape index (κ1) is 24.3. The Bertz CT molecular complexity index is 1260. The molecule has 0 atom stereocenters. The zero-order valence-electron chi connectivity index (χ0n) is 19.5. The van der Waals surface area contributed by atoms with Gasteiger partial charge in [-0.05, 0) is 35.9 Å². The highest BCUT2D eigenvalue weighted by Gasteiger charge is 2.12. The fourth-order valence-corrected chi connectivity index (χ4v) is 3.34. The number of hydrazone groups is 1. The lowest BCUT2D eigenvalue weighted by Crippen LogP contribution is -2.34. The van der Waals surface area contributed by atoms with Crippen LogP contribution in [0.15, 0.2) is 84.0 Å². The summed E-state index contributed by atoms with van der Waals surface area (Å²) >= 11 is 0. The molecule has 0 saturated heterocycles. The third-order valence-corrected chi connectivity index (χ3v) is 4.95. The number of hydrogen-bond acceptors (Lipinski definition) is 4. The molecule has 34 heavy (non-hydrogen) atoms. The van der Waals surface area contributed by atoms with Gasteiger partial charge in [-0.3, -0.25) is 9.59 Å². The number of para-hydroxylation sites is 1. The molecule has 0 aliphatic carbocycles. The number of aromatic nitrogens is 1. The van der Waals surface area contributed by atoms with E-state index in [0.717, 1.165) is 27.7 Å². The maximum absolute atomic E-state index is 12.2. The van der Waals surface area contributed by atoms with E-state index >= 15 is 0 Å². The number of carbonyl (C=O) groups excluding carboxylic acids is 2. The second-order valence-electron chi connectivity index (χ2n) is 7.03. The van der Waals surface area contributed by atoms with Gasteiger partial charge in [0.25, 0.3) is 11.8 Å². The van der Waals surface area contributed by atoms with Gasteiger partial charge < -0.3 is 15.0 Å². The lowest BCUT2D eigenvalue weighted by Gasteiger charge is -2.05. The van der Waals surface area contributed by atoms with Crippen molar-refractivity contribution < 1.29 is 14.3 Å². The van der Waals surface area contributed by atoms with E-state index in [1.54, 1.807) is 37.6 Å². The molecule has 0 bridgehead atoms. The van der Waals surface area contributed by atoms with Gasteiger partial charge in [-0.25, -0.2) is 5.43 Å². The average Bonchev–Trinajstić information content (AvgIpc) is 3.27. The molecule has 3 aromatic carbocycles. The normalized spacial score (nSPS) is 10.4. The fraction of sp³-hybridized carbons (Fsp3) is 0.148. The number of hydrogen-bond donors (Lipinski definition) is 3. The maximum Gasteiger partial charge on any atom is 0.259 e. The number of nitrogens with one attached hydrogen (secondary N) is 3. The Morgan fingerprint density at radius 3 is 2.32 bits per heavy atom. The van der Waals surface area contributed by atoms with Gasteiger partial charge in [0, 0.05) is 22.0 Å². The number of methoxy groups -OCH3 is 1. The molecule has 4 rings (SSSR count). The summed E-state index contributed by atoms with van der Waals surface area (Å²) in [6, 6.07) is 24.4. The van der Waals surface area contributed by atoms with Crippen LogP contribution in [0.5, 0.6) is 5.75 Å². The van der Waals surface area contributed by atoms with Crippen LogP contribution in [0.25, 0.3) is 22.2 Å². The first-order chi connectivity index (χ1) is 16.7. The number of fused-ring (bicyclic) bond motifs is 1. The van der Waals surface area contributed by atoms with Crippen LogP contribution in [0.2, 0.25) is 0 Å². The highest BCUT2D eigenvalue weighted by molar-refractivity contribution is 6.06. The standard InChI is InChI=1S/C25H22N4O3.C2H6/c1-32-19-13-11-18(12-14-19)25(31)26-16-23(30)29-27-15-21-20-9-5-6-10-22(20)28-24(21)17-7-3-2-4-8-17;1-2/h2-15,28H,16H2,1H3,(H,26,31)(H,29,30);1-2H3/b27-15+;. The van der Waals surface area contributed by atoms with Crippen molar-refractivity contribution in [3.8, 4) is 17.0 Å². The summed E-state index contributed by atoms with van der Waals surface area (Å²) in [4.78, 5) is 27.8. The van der Waals surface area contributed by atoms with Crippen LogP contribution in [0.4, 0.5) is 0 Å². The van der Waals surface area contributed by atoms with Gasteiger partial charge in [-0.2, -0.15) is 5.10 Å². The van der Waals surface area contributed by atoms with Crippen molar-refractivity contribution in [1.29, 1.82) is 0 Å². The van der Waals surface area contributed by atoms with Crippen LogP contribution in [0.3, 0.4) is 0 Å². The summed E-state index contributed by atoms with van der Waals surface area (Å²) in [5.74, 6) is -0.125. The molecule has 174 valence electrons. The molecule has 0 saturated carbocycles. The van der Waals surface area contributed by atoms with Gasteiger partial charge in [0.1, 0.15) is 5.75 Å². The highest BCUT2D eigenvalue weighted by Crippen LogP contribution is 2.28. The van der Waals surface area contributed by atoms with Crippen LogP contribution >= 0.6 is 0 Å². The second-order valence-corrected chi connectivity index (χ2v) is 7.03. The highest BCUT2D eigenvalue weighted by atomic mass is 16.5. The van der Waals surface area contributed by atoms with Gasteiger partial charge >= 0.3 is 0 Å². The quantitative estimate of drug-likeness (QED) is 0.277. The van der Waals surface area contributed by atoms with E-state index in [2.05, 4.69) is 20.8 Å². The van der Waals surface area contributed by atoms with Crippen LogP contribution in [-0.2, 0) is 4.79 Å². The summed E-state index contributed by atoms with van der Waals surface area (Å²) in [6.45, 7) is 3.81. The smallest absolute Gasteiger partial charge is 0.259 e. The third-order valence-electron chi connectivity index (χ3n) is 4.95. The second kappa shape index (κ2) is 12.0. The molecule has 0 unspecified atom stereocenters. The van der Waals surface area contributed by atoms with Crippen molar-refractivity contribution in [1.82, 2.24) is 15.7 Å². The molecule has 0 aliphatic heterocycles. The Hall–Kier alpha value is -4.39. The topological polar surface area (TPSA) is 95.6 Å². The summed E-state index contributed by atoms with van der Waals surface area (Å²) < 4.78 is 5.07. The van der Waals surface area contributed by atoms with E-state index < -0.39 is 5.91 Å². The van der Waals surface area contributed by atoms with Gasteiger partial charge in [0.05, 0.1) is 25.6 Å². The Balaban J connectivity index is 0.00000158. The summed E-state index contributed by atoms with van der Waals surface area (Å²) in [5, 5.41) is 7.68. The van der Waals surface area contributed by atoms with E-state index in [1.807, 2.05) is 68.4 Å². The molecule has 7 heteroatoms. The monoisotopic (exact) mass is 456 g/mol. The van der Waals surface area contributed by atoms with Gasteiger partial charge in [0.2, 0.25) is 0 Å². The number of amides is 2. The largest absolute Gasteiger partial charge is 0.497 e. The van der Waals surface area contributed by atoms with Crippen molar-refractivity contribution in [2.24, 2.45) is 5.10 Å². The Labute approximate surface area is 198 Å². The fourth-order valence-electron chi connectivity index (χ4n) is 3.34. The van der Waals surface area contributed by atoms with Crippen LogP contribution in [-0.4, -0.2) is 36.7 Å².